The van der Waals surface area contributed by atoms with Gasteiger partial charge in [-0.2, -0.15) is 0 Å². The molecule has 0 aliphatic carbocycles. The largest absolute Gasteiger partial charge is 0.460 e. The van der Waals surface area contributed by atoms with E-state index in [0.717, 1.165) is 31.1 Å². The van der Waals surface area contributed by atoms with Gasteiger partial charge in [0.1, 0.15) is 12.3 Å². The Balaban J connectivity index is 1.25. The first-order valence-electron chi connectivity index (χ1n) is 17.7. The van der Waals surface area contributed by atoms with E-state index < -0.39 is 9.85 Å². The highest BCUT2D eigenvalue weighted by atomic mass is 16.6. The number of unbranched alkanes of at least 4 members (excludes halogenated alkanes) is 1. The van der Waals surface area contributed by atoms with Gasteiger partial charge in [0, 0.05) is 24.8 Å². The molecular weight excluding hydrogens is 700 g/mol. The first-order chi connectivity index (χ1) is 25.9. The summed E-state index contributed by atoms with van der Waals surface area (Å²) in [4.78, 5) is 32.7. The van der Waals surface area contributed by atoms with Crippen LogP contribution in [0.25, 0.3) is 0 Å². The van der Waals surface area contributed by atoms with Crippen LogP contribution < -0.4 is 10.6 Å². The minimum atomic E-state index is -0.683. The number of hydrogen-bond donors (Lipinski definition) is 2. The Bertz CT molecular complexity index is 1270. The molecule has 2 N–H and O–H groups in total. The van der Waals surface area contributed by atoms with Crippen molar-refractivity contribution < 1.29 is 57.3 Å². The van der Waals surface area contributed by atoms with Crippen LogP contribution in [-0.2, 0) is 42.6 Å². The third-order valence-electron chi connectivity index (χ3n) is 7.00. The predicted octanol–water partition coefficient (Wildman–Crippen LogP) is 4.12. The third-order valence-corrected chi connectivity index (χ3v) is 7.00. The van der Waals surface area contributed by atoms with Crippen LogP contribution in [0.2, 0.25) is 0 Å². The predicted molar refractivity (Wildman–Crippen MR) is 195 cm³/mol. The molecular formula is C35H54N4O14. The van der Waals surface area contributed by atoms with Crippen molar-refractivity contribution in [3.63, 3.8) is 0 Å². The average Bonchev–Trinajstić information content (AvgIpc) is 3.16. The molecule has 0 aromatic heterocycles. The number of carbonyl (C=O) groups is 1. The molecule has 2 aromatic rings. The van der Waals surface area contributed by atoms with Crippen LogP contribution in [0.4, 0.5) is 22.7 Å². The number of nitro benzene ring substituents is 2. The number of benzene rings is 2. The standard InChI is InChI=1S/C35H54N4O14/c1-2-3-10-36-31-6-4-30(5-7-31)35(40)53-28-27-52-26-25-51-24-23-50-22-21-49-20-19-48-18-17-47-16-15-46-14-13-45-12-11-37-33-9-8-32(38(41)42)29-34(33)39(43)44/h4-9,29,36-37H,2-3,10-28H2,1H3. The van der Waals surface area contributed by atoms with Crippen LogP contribution in [0.15, 0.2) is 42.5 Å². The summed E-state index contributed by atoms with van der Waals surface area (Å²) < 4.78 is 48.8. The number of ether oxygens (including phenoxy) is 9. The SMILES string of the molecule is CCCCNc1ccc(C(=O)OCCOCCOCCOCCOCCOCCOCCOCCOCCNc2ccc([N+](=O)[O-])cc2[N+](=O)[O-])cc1. The van der Waals surface area contributed by atoms with Gasteiger partial charge in [0.15, 0.2) is 0 Å². The van der Waals surface area contributed by atoms with E-state index in [2.05, 4.69) is 17.6 Å². The first-order valence-corrected chi connectivity index (χ1v) is 17.7. The lowest BCUT2D eigenvalue weighted by atomic mass is 10.2. The molecule has 0 saturated heterocycles. The number of carbonyl (C=O) groups excluding carboxylic acids is 1. The van der Waals surface area contributed by atoms with Gasteiger partial charge in [0.25, 0.3) is 11.4 Å². The zero-order valence-corrected chi connectivity index (χ0v) is 30.5. The summed E-state index contributed by atoms with van der Waals surface area (Å²) >= 11 is 0. The molecule has 0 saturated carbocycles. The number of non-ortho nitro benzene ring substituents is 1. The van der Waals surface area contributed by atoms with Gasteiger partial charge in [0.2, 0.25) is 0 Å². The molecule has 0 radical (unpaired) electrons. The maximum atomic E-state index is 12.1. The van der Waals surface area contributed by atoms with Gasteiger partial charge >= 0.3 is 5.97 Å². The molecule has 0 atom stereocenters. The number of anilines is 2. The van der Waals surface area contributed by atoms with Gasteiger partial charge in [-0.3, -0.25) is 20.2 Å². The van der Waals surface area contributed by atoms with E-state index >= 15 is 0 Å². The van der Waals surface area contributed by atoms with Gasteiger partial charge in [0.05, 0.1) is 127 Å². The van der Waals surface area contributed by atoms with E-state index in [0.29, 0.717) is 105 Å². The highest BCUT2D eigenvalue weighted by Crippen LogP contribution is 2.28. The van der Waals surface area contributed by atoms with Crippen molar-refractivity contribution in [2.45, 2.75) is 19.8 Å². The summed E-state index contributed by atoms with van der Waals surface area (Å²) in [5.74, 6) is -0.377. The highest BCUT2D eigenvalue weighted by molar-refractivity contribution is 5.89. The molecule has 0 fully saturated rings. The number of nitro groups is 2. The van der Waals surface area contributed by atoms with Crippen molar-refractivity contribution >= 4 is 28.7 Å². The van der Waals surface area contributed by atoms with Crippen molar-refractivity contribution in [1.82, 2.24) is 0 Å². The quantitative estimate of drug-likeness (QED) is 0.0439. The van der Waals surface area contributed by atoms with Crippen molar-refractivity contribution in [1.29, 1.82) is 0 Å². The molecule has 0 heterocycles. The van der Waals surface area contributed by atoms with E-state index in [9.17, 15) is 25.0 Å². The van der Waals surface area contributed by atoms with Crippen LogP contribution in [-0.4, -0.2) is 141 Å². The Hall–Kier alpha value is -4.01. The van der Waals surface area contributed by atoms with Gasteiger partial charge in [-0.15, -0.1) is 0 Å². The highest BCUT2D eigenvalue weighted by Gasteiger charge is 2.19. The Morgan fingerprint density at radius 3 is 1.45 bits per heavy atom. The zero-order chi connectivity index (χ0) is 38.2. The van der Waals surface area contributed by atoms with E-state index in [1.165, 1.54) is 12.1 Å². The van der Waals surface area contributed by atoms with E-state index in [1.807, 2.05) is 12.1 Å². The van der Waals surface area contributed by atoms with E-state index in [4.69, 9.17) is 42.6 Å². The molecule has 18 nitrogen and oxygen atoms in total. The molecule has 0 unspecified atom stereocenters. The third kappa shape index (κ3) is 22.6. The summed E-state index contributed by atoms with van der Waals surface area (Å²) in [6.07, 6.45) is 2.22. The lowest BCUT2D eigenvalue weighted by Gasteiger charge is -2.09. The molecule has 0 bridgehead atoms. The Labute approximate surface area is 309 Å². The van der Waals surface area contributed by atoms with Crippen molar-refractivity contribution in [2.24, 2.45) is 0 Å². The maximum absolute atomic E-state index is 12.1. The minimum Gasteiger partial charge on any atom is -0.460 e. The van der Waals surface area contributed by atoms with Crippen LogP contribution in [0.3, 0.4) is 0 Å². The van der Waals surface area contributed by atoms with Crippen LogP contribution in [0.5, 0.6) is 0 Å². The molecule has 0 aliphatic heterocycles. The molecule has 0 spiro atoms. The topological polar surface area (TPSA) is 210 Å². The van der Waals surface area contributed by atoms with Crippen LogP contribution in [0, 0.1) is 20.2 Å². The fraction of sp³-hybridized carbons (Fsp3) is 0.629. The zero-order valence-electron chi connectivity index (χ0n) is 30.5. The Morgan fingerprint density at radius 1 is 0.566 bits per heavy atom. The summed E-state index contributed by atoms with van der Waals surface area (Å²) in [6.45, 7) is 9.87. The minimum absolute atomic E-state index is 0.171. The lowest BCUT2D eigenvalue weighted by molar-refractivity contribution is -0.393. The second-order valence-electron chi connectivity index (χ2n) is 11.0. The van der Waals surface area contributed by atoms with Crippen molar-refractivity contribution in [3.8, 4) is 0 Å². The molecule has 298 valence electrons. The summed E-state index contributed by atoms with van der Waals surface area (Å²) in [5.41, 5.74) is 0.949. The van der Waals surface area contributed by atoms with Gasteiger partial charge < -0.3 is 53.3 Å². The first kappa shape index (κ1) is 45.1. The molecule has 0 aliphatic rings. The second kappa shape index (κ2) is 30.5. The van der Waals surface area contributed by atoms with E-state index in [-0.39, 0.29) is 42.8 Å². The number of hydrogen-bond acceptors (Lipinski definition) is 16. The summed E-state index contributed by atoms with van der Waals surface area (Å²) in [5, 5.41) is 28.1. The molecule has 0 amide bonds. The van der Waals surface area contributed by atoms with Gasteiger partial charge in [-0.1, -0.05) is 13.3 Å². The second-order valence-corrected chi connectivity index (χ2v) is 11.0. The van der Waals surface area contributed by atoms with Gasteiger partial charge in [-0.05, 0) is 36.8 Å². The Morgan fingerprint density at radius 2 is 1.02 bits per heavy atom. The summed E-state index contributed by atoms with van der Waals surface area (Å²) in [6, 6.07) is 10.7. The van der Waals surface area contributed by atoms with Crippen LogP contribution in [0.1, 0.15) is 30.1 Å². The van der Waals surface area contributed by atoms with Gasteiger partial charge in [-0.25, -0.2) is 4.79 Å². The maximum Gasteiger partial charge on any atom is 0.338 e. The van der Waals surface area contributed by atoms with Crippen molar-refractivity contribution in [3.05, 3.63) is 68.3 Å². The fourth-order valence-electron chi connectivity index (χ4n) is 4.24. The van der Waals surface area contributed by atoms with E-state index in [1.54, 1.807) is 12.1 Å². The summed E-state index contributed by atoms with van der Waals surface area (Å²) in [7, 11) is 0. The van der Waals surface area contributed by atoms with Crippen LogP contribution >= 0.6 is 0 Å². The van der Waals surface area contributed by atoms with Crippen molar-refractivity contribution in [2.75, 3.05) is 136 Å². The average molecular weight is 755 g/mol. The number of esters is 1. The number of nitrogens with zero attached hydrogens (tertiary/aromatic N) is 2. The molecule has 53 heavy (non-hydrogen) atoms. The molecule has 18 heteroatoms. The number of nitrogens with one attached hydrogen (secondary N) is 2. The monoisotopic (exact) mass is 754 g/mol. The smallest absolute Gasteiger partial charge is 0.338 e. The Kier molecular flexibility index (Phi) is 25.9. The lowest BCUT2D eigenvalue weighted by Crippen LogP contribution is -2.16. The fourth-order valence-corrected chi connectivity index (χ4v) is 4.24. The molecule has 2 aromatic carbocycles. The number of rotatable bonds is 35. The normalized spacial score (nSPS) is 11.0. The molecule has 2 rings (SSSR count).